The SMILES string of the molecule is CC(C)(c1cccc(-c2[c-]cc(C#N)nc2)n1)c1cccc(-c2[c-]cc(C#N)nc2)n1.[Pt+2]. The summed E-state index contributed by atoms with van der Waals surface area (Å²) in [4.78, 5) is 17.9. The van der Waals surface area contributed by atoms with Gasteiger partial charge in [0, 0.05) is 16.8 Å². The van der Waals surface area contributed by atoms with Gasteiger partial charge in [0.1, 0.15) is 0 Å². The van der Waals surface area contributed by atoms with Crippen molar-refractivity contribution < 1.29 is 21.1 Å². The third-order valence-electron chi connectivity index (χ3n) is 4.95. The van der Waals surface area contributed by atoms with E-state index in [0.717, 1.165) is 33.9 Å². The van der Waals surface area contributed by atoms with Crippen LogP contribution in [0.15, 0.2) is 60.9 Å². The minimum atomic E-state index is -0.480. The molecule has 0 fully saturated rings. The minimum Gasteiger partial charge on any atom is -0.341 e. The fourth-order valence-corrected chi connectivity index (χ4v) is 3.11. The van der Waals surface area contributed by atoms with Gasteiger partial charge in [0.2, 0.25) is 0 Å². The fourth-order valence-electron chi connectivity index (χ4n) is 3.11. The summed E-state index contributed by atoms with van der Waals surface area (Å²) in [5.74, 6) is 0. The summed E-state index contributed by atoms with van der Waals surface area (Å²) >= 11 is 0. The topological polar surface area (TPSA) is 99.1 Å². The molecule has 0 radical (unpaired) electrons. The Hall–Kier alpha value is -3.73. The molecule has 4 rings (SSSR count). The summed E-state index contributed by atoms with van der Waals surface area (Å²) in [5, 5.41) is 17.9. The fraction of sp³-hybridized carbons (Fsp3) is 0.120. The van der Waals surface area contributed by atoms with E-state index in [-0.39, 0.29) is 21.1 Å². The first-order valence-corrected chi connectivity index (χ1v) is 9.53. The molecule has 6 nitrogen and oxygen atoms in total. The third-order valence-corrected chi connectivity index (χ3v) is 4.95. The van der Waals surface area contributed by atoms with Crippen LogP contribution in [0, 0.1) is 34.8 Å². The van der Waals surface area contributed by atoms with Crippen LogP contribution >= 0.6 is 0 Å². The van der Waals surface area contributed by atoms with Crippen LogP contribution in [-0.2, 0) is 26.5 Å². The normalized spacial score (nSPS) is 10.5. The van der Waals surface area contributed by atoms with E-state index in [2.05, 4.69) is 35.9 Å². The molecule has 32 heavy (non-hydrogen) atoms. The number of hydrogen-bond donors (Lipinski definition) is 0. The standard InChI is InChI=1S/C25H16N6.Pt/c1-25(2,23-7-3-5-21(30-23)17-9-11-19(13-26)28-15-17)24-8-4-6-22(31-24)18-10-12-20(14-27)29-16-18;/h3-8,11-12,15-16H,1-2H3;/q-2;+2. The number of hydrogen-bond acceptors (Lipinski definition) is 6. The van der Waals surface area contributed by atoms with Gasteiger partial charge in [-0.3, -0.25) is 0 Å². The maximum Gasteiger partial charge on any atom is 2.00 e. The molecule has 0 aromatic carbocycles. The van der Waals surface area contributed by atoms with Crippen molar-refractivity contribution in [2.75, 3.05) is 0 Å². The summed E-state index contributed by atoms with van der Waals surface area (Å²) < 4.78 is 0. The molecule has 4 heterocycles. The summed E-state index contributed by atoms with van der Waals surface area (Å²) in [5.41, 5.74) is 4.72. The van der Waals surface area contributed by atoms with Crippen molar-refractivity contribution in [2.45, 2.75) is 19.3 Å². The van der Waals surface area contributed by atoms with Crippen LogP contribution in [0.25, 0.3) is 22.5 Å². The zero-order valence-corrected chi connectivity index (χ0v) is 19.5. The minimum absolute atomic E-state index is 0. The zero-order valence-electron chi connectivity index (χ0n) is 17.3. The molecule has 0 aliphatic carbocycles. The second-order valence-corrected chi connectivity index (χ2v) is 7.36. The van der Waals surface area contributed by atoms with Gasteiger partial charge < -0.3 is 19.9 Å². The molecule has 0 N–H and O–H groups in total. The van der Waals surface area contributed by atoms with Crippen LogP contribution in [-0.4, -0.2) is 19.9 Å². The first kappa shape index (κ1) is 22.9. The van der Waals surface area contributed by atoms with Gasteiger partial charge >= 0.3 is 21.1 Å². The molecule has 4 aromatic rings. The molecule has 0 atom stereocenters. The van der Waals surface area contributed by atoms with Crippen LogP contribution in [0.3, 0.4) is 0 Å². The van der Waals surface area contributed by atoms with Crippen LogP contribution in [0.2, 0.25) is 0 Å². The van der Waals surface area contributed by atoms with Gasteiger partial charge in [-0.15, -0.1) is 35.4 Å². The second kappa shape index (κ2) is 9.60. The van der Waals surface area contributed by atoms with Crippen molar-refractivity contribution >= 4 is 0 Å². The molecule has 0 spiro atoms. The van der Waals surface area contributed by atoms with E-state index in [1.54, 1.807) is 24.5 Å². The smallest absolute Gasteiger partial charge is 0.341 e. The summed E-state index contributed by atoms with van der Waals surface area (Å²) in [7, 11) is 0. The van der Waals surface area contributed by atoms with Crippen molar-refractivity contribution in [1.29, 1.82) is 10.5 Å². The van der Waals surface area contributed by atoms with Crippen molar-refractivity contribution in [3.05, 3.63) is 95.8 Å². The average molecular weight is 596 g/mol. The van der Waals surface area contributed by atoms with Crippen molar-refractivity contribution in [1.82, 2.24) is 19.9 Å². The molecule has 4 aromatic heterocycles. The Morgan fingerprint density at radius 3 is 1.53 bits per heavy atom. The van der Waals surface area contributed by atoms with Gasteiger partial charge in [0.15, 0.2) is 0 Å². The molecule has 0 amide bonds. The van der Waals surface area contributed by atoms with Crippen molar-refractivity contribution in [2.24, 2.45) is 0 Å². The Morgan fingerprint density at radius 2 is 1.19 bits per heavy atom. The quantitative estimate of drug-likeness (QED) is 0.327. The Kier molecular flexibility index (Phi) is 6.88. The van der Waals surface area contributed by atoms with Gasteiger partial charge in [-0.2, -0.15) is 0 Å². The van der Waals surface area contributed by atoms with Crippen molar-refractivity contribution in [3.8, 4) is 34.7 Å². The molecule has 0 aliphatic heterocycles. The third kappa shape index (κ3) is 4.62. The molecule has 0 saturated carbocycles. The number of pyridine rings is 4. The van der Waals surface area contributed by atoms with Gasteiger partial charge in [-0.1, -0.05) is 36.7 Å². The molecule has 156 valence electrons. The van der Waals surface area contributed by atoms with Crippen molar-refractivity contribution in [3.63, 3.8) is 0 Å². The Bertz CT molecular complexity index is 1210. The van der Waals surface area contributed by atoms with E-state index < -0.39 is 5.41 Å². The Balaban J connectivity index is 0.00000289. The summed E-state index contributed by atoms with van der Waals surface area (Å²) in [6, 6.07) is 24.8. The van der Waals surface area contributed by atoms with E-state index in [1.165, 1.54) is 0 Å². The van der Waals surface area contributed by atoms with Crippen LogP contribution in [0.5, 0.6) is 0 Å². The van der Waals surface area contributed by atoms with Crippen LogP contribution in [0.4, 0.5) is 0 Å². The first-order chi connectivity index (χ1) is 15.0. The Labute approximate surface area is 200 Å². The number of nitrogens with zero attached hydrogens (tertiary/aromatic N) is 6. The molecular formula is C25H16N6Pt. The molecule has 0 bridgehead atoms. The zero-order chi connectivity index (χ0) is 21.8. The maximum atomic E-state index is 8.93. The maximum absolute atomic E-state index is 8.93. The van der Waals surface area contributed by atoms with E-state index in [4.69, 9.17) is 20.5 Å². The predicted molar refractivity (Wildman–Crippen MR) is 114 cm³/mol. The second-order valence-electron chi connectivity index (χ2n) is 7.36. The summed E-state index contributed by atoms with van der Waals surface area (Å²) in [6.45, 7) is 4.12. The largest absolute Gasteiger partial charge is 2.00 e. The predicted octanol–water partition coefficient (Wildman–Crippen LogP) is 4.27. The van der Waals surface area contributed by atoms with E-state index in [9.17, 15) is 0 Å². The molecule has 0 unspecified atom stereocenters. The monoisotopic (exact) mass is 595 g/mol. The van der Waals surface area contributed by atoms with E-state index in [1.807, 2.05) is 48.5 Å². The van der Waals surface area contributed by atoms with Crippen LogP contribution < -0.4 is 0 Å². The van der Waals surface area contributed by atoms with Gasteiger partial charge in [-0.25, -0.2) is 10.5 Å². The van der Waals surface area contributed by atoms with Crippen LogP contribution in [0.1, 0.15) is 36.6 Å². The summed E-state index contributed by atoms with van der Waals surface area (Å²) in [6.07, 6.45) is 3.20. The molecule has 0 saturated heterocycles. The average Bonchev–Trinajstić information content (AvgIpc) is 2.84. The molecule has 7 heteroatoms. The van der Waals surface area contributed by atoms with E-state index in [0.29, 0.717) is 11.4 Å². The first-order valence-electron chi connectivity index (χ1n) is 9.53. The number of aromatic nitrogens is 4. The van der Waals surface area contributed by atoms with Gasteiger partial charge in [-0.05, 0) is 37.4 Å². The Morgan fingerprint density at radius 1 is 0.750 bits per heavy atom. The number of nitriles is 2. The van der Waals surface area contributed by atoms with Gasteiger partial charge in [0.25, 0.3) is 0 Å². The van der Waals surface area contributed by atoms with E-state index >= 15 is 0 Å². The molecular weight excluding hydrogens is 579 g/mol. The number of rotatable bonds is 4. The molecule has 0 aliphatic rings. The van der Waals surface area contributed by atoms with Gasteiger partial charge in [0.05, 0.1) is 23.5 Å².